The molecule has 1 amide bonds. The Hall–Kier alpha value is -2.68. The molecule has 0 saturated carbocycles. The van der Waals surface area contributed by atoms with Gasteiger partial charge in [0.1, 0.15) is 6.17 Å². The number of likely N-dealkylation sites (tertiary alicyclic amines) is 1. The van der Waals surface area contributed by atoms with Crippen LogP contribution in [0, 0.1) is 0 Å². The minimum absolute atomic E-state index is 0.0246. The van der Waals surface area contributed by atoms with E-state index in [1.807, 2.05) is 33.8 Å². The lowest BCUT2D eigenvalue weighted by atomic mass is 10.0. The zero-order chi connectivity index (χ0) is 22.4. The molecule has 0 atom stereocenters. The Bertz CT molecular complexity index is 1180. The maximum Gasteiger partial charge on any atom is 0.274 e. The van der Waals surface area contributed by atoms with E-state index in [1.165, 1.54) is 4.90 Å². The van der Waals surface area contributed by atoms with E-state index in [0.29, 0.717) is 45.1 Å². The summed E-state index contributed by atoms with van der Waals surface area (Å²) in [5.41, 5.74) is 5.70. The quantitative estimate of drug-likeness (QED) is 0.588. The van der Waals surface area contributed by atoms with E-state index in [0.717, 1.165) is 40.4 Å². The fraction of sp³-hybridized carbons (Fsp3) is 0.360. The molecule has 3 aliphatic heterocycles. The SMILES string of the molecule is O=C(c1nn(-c2ccc(CN3CC(F)C3)cc2)c2c1CSc1ccccc1-2)N1CCOCC1. The van der Waals surface area contributed by atoms with E-state index >= 15 is 0 Å². The normalized spacial score (nSPS) is 18.5. The van der Waals surface area contributed by atoms with Gasteiger partial charge in [-0.05, 0) is 23.8 Å². The number of rotatable bonds is 4. The summed E-state index contributed by atoms with van der Waals surface area (Å²) in [5, 5.41) is 4.88. The van der Waals surface area contributed by atoms with Gasteiger partial charge in [-0.25, -0.2) is 9.07 Å². The van der Waals surface area contributed by atoms with Gasteiger partial charge in [-0.2, -0.15) is 5.10 Å². The molecule has 2 fully saturated rings. The van der Waals surface area contributed by atoms with E-state index in [-0.39, 0.29) is 5.91 Å². The van der Waals surface area contributed by atoms with E-state index in [1.54, 1.807) is 11.8 Å². The van der Waals surface area contributed by atoms with Gasteiger partial charge < -0.3 is 9.64 Å². The number of aromatic nitrogens is 2. The molecule has 0 unspecified atom stereocenters. The molecule has 0 N–H and O–H groups in total. The van der Waals surface area contributed by atoms with Crippen LogP contribution in [0.3, 0.4) is 0 Å². The molecule has 0 bridgehead atoms. The number of hydrogen-bond donors (Lipinski definition) is 0. The monoisotopic (exact) mass is 464 g/mol. The molecule has 3 aromatic rings. The van der Waals surface area contributed by atoms with Crippen LogP contribution in [0.25, 0.3) is 16.9 Å². The largest absolute Gasteiger partial charge is 0.378 e. The van der Waals surface area contributed by atoms with Crippen molar-refractivity contribution in [3.63, 3.8) is 0 Å². The Morgan fingerprint density at radius 1 is 1.09 bits per heavy atom. The molecular formula is C25H25FN4O2S. The van der Waals surface area contributed by atoms with Crippen LogP contribution >= 0.6 is 11.8 Å². The second-order valence-corrected chi connectivity index (χ2v) is 9.75. The zero-order valence-electron chi connectivity index (χ0n) is 18.2. The van der Waals surface area contributed by atoms with Crippen LogP contribution < -0.4 is 0 Å². The summed E-state index contributed by atoms with van der Waals surface area (Å²) >= 11 is 1.75. The van der Waals surface area contributed by atoms with Crippen molar-refractivity contribution in [1.29, 1.82) is 0 Å². The summed E-state index contributed by atoms with van der Waals surface area (Å²) in [6, 6.07) is 16.5. The molecule has 1 aromatic heterocycles. The third-order valence-corrected chi connectivity index (χ3v) is 7.60. The predicted octanol–water partition coefficient (Wildman–Crippen LogP) is 3.77. The first-order valence-corrected chi connectivity index (χ1v) is 12.3. The number of hydrogen-bond acceptors (Lipinski definition) is 5. The highest BCUT2D eigenvalue weighted by Gasteiger charge is 2.32. The minimum Gasteiger partial charge on any atom is -0.378 e. The number of morpholine rings is 1. The molecular weight excluding hydrogens is 439 g/mol. The predicted molar refractivity (Wildman–Crippen MR) is 125 cm³/mol. The van der Waals surface area contributed by atoms with Gasteiger partial charge in [0, 0.05) is 54.5 Å². The first kappa shape index (κ1) is 20.9. The van der Waals surface area contributed by atoms with Crippen LogP contribution in [-0.4, -0.2) is 71.1 Å². The molecule has 6 rings (SSSR count). The summed E-state index contributed by atoms with van der Waals surface area (Å²) < 4.78 is 20.5. The lowest BCUT2D eigenvalue weighted by molar-refractivity contribution is 0.0298. The lowest BCUT2D eigenvalue weighted by Crippen LogP contribution is -2.47. The fourth-order valence-electron chi connectivity index (χ4n) is 4.71. The first-order chi connectivity index (χ1) is 16.2. The molecule has 0 spiro atoms. The average Bonchev–Trinajstić information content (AvgIpc) is 3.24. The number of amides is 1. The van der Waals surface area contributed by atoms with Crippen molar-refractivity contribution >= 4 is 17.7 Å². The molecule has 4 heterocycles. The van der Waals surface area contributed by atoms with Gasteiger partial charge in [0.05, 0.1) is 24.6 Å². The van der Waals surface area contributed by atoms with Gasteiger partial charge >= 0.3 is 0 Å². The Morgan fingerprint density at radius 2 is 1.85 bits per heavy atom. The fourth-order valence-corrected chi connectivity index (χ4v) is 5.78. The van der Waals surface area contributed by atoms with E-state index in [9.17, 15) is 9.18 Å². The third-order valence-electron chi connectivity index (χ3n) is 6.50. The summed E-state index contributed by atoms with van der Waals surface area (Å²) in [7, 11) is 0. The number of benzene rings is 2. The molecule has 2 aromatic carbocycles. The van der Waals surface area contributed by atoms with Crippen molar-refractivity contribution in [3.8, 4) is 16.9 Å². The minimum atomic E-state index is -0.694. The van der Waals surface area contributed by atoms with Crippen LogP contribution in [0.15, 0.2) is 53.4 Å². The summed E-state index contributed by atoms with van der Waals surface area (Å²) in [6.45, 7) is 4.08. The highest BCUT2D eigenvalue weighted by molar-refractivity contribution is 7.98. The number of nitrogens with zero attached hydrogens (tertiary/aromatic N) is 4. The molecule has 2 saturated heterocycles. The second kappa shape index (κ2) is 8.59. The van der Waals surface area contributed by atoms with Crippen LogP contribution in [0.2, 0.25) is 0 Å². The van der Waals surface area contributed by atoms with Gasteiger partial charge in [-0.1, -0.05) is 30.3 Å². The number of alkyl halides is 1. The van der Waals surface area contributed by atoms with Crippen molar-refractivity contribution in [3.05, 3.63) is 65.4 Å². The third kappa shape index (κ3) is 3.86. The lowest BCUT2D eigenvalue weighted by Gasteiger charge is -2.34. The standard InChI is InChI=1S/C25H25FN4O2S/c26-18-14-28(15-18)13-17-5-7-19(8-6-17)30-24-20-3-1-2-4-22(20)33-16-21(24)23(27-30)25(31)29-9-11-32-12-10-29/h1-8,18H,9-16H2. The Kier molecular flexibility index (Phi) is 5.44. The molecule has 33 heavy (non-hydrogen) atoms. The number of halogens is 1. The Labute approximate surface area is 196 Å². The van der Waals surface area contributed by atoms with Crippen molar-refractivity contribution < 1.29 is 13.9 Å². The Balaban J connectivity index is 1.39. The summed E-state index contributed by atoms with van der Waals surface area (Å²) in [5.74, 6) is 0.693. The zero-order valence-corrected chi connectivity index (χ0v) is 19.1. The summed E-state index contributed by atoms with van der Waals surface area (Å²) in [6.07, 6.45) is -0.694. The van der Waals surface area contributed by atoms with Crippen LogP contribution in [0.4, 0.5) is 4.39 Å². The molecule has 3 aliphatic rings. The van der Waals surface area contributed by atoms with Crippen molar-refractivity contribution in [2.45, 2.75) is 23.4 Å². The van der Waals surface area contributed by atoms with Gasteiger partial charge in [-0.3, -0.25) is 9.69 Å². The van der Waals surface area contributed by atoms with Crippen LogP contribution in [0.5, 0.6) is 0 Å². The molecule has 0 aliphatic carbocycles. The van der Waals surface area contributed by atoms with Crippen molar-refractivity contribution in [1.82, 2.24) is 19.6 Å². The highest BCUT2D eigenvalue weighted by Crippen LogP contribution is 2.43. The topological polar surface area (TPSA) is 50.6 Å². The van der Waals surface area contributed by atoms with Crippen LogP contribution in [0.1, 0.15) is 21.6 Å². The summed E-state index contributed by atoms with van der Waals surface area (Å²) in [4.78, 5) is 18.6. The number of ether oxygens (including phenoxy) is 1. The van der Waals surface area contributed by atoms with E-state index in [4.69, 9.17) is 9.84 Å². The smallest absolute Gasteiger partial charge is 0.274 e. The highest BCUT2D eigenvalue weighted by atomic mass is 32.2. The van der Waals surface area contributed by atoms with Gasteiger partial charge in [0.25, 0.3) is 5.91 Å². The molecule has 0 radical (unpaired) electrons. The van der Waals surface area contributed by atoms with Crippen molar-refractivity contribution in [2.75, 3.05) is 39.4 Å². The maximum absolute atomic E-state index is 13.4. The van der Waals surface area contributed by atoms with Gasteiger partial charge in [0.15, 0.2) is 5.69 Å². The maximum atomic E-state index is 13.4. The first-order valence-electron chi connectivity index (χ1n) is 11.3. The average molecular weight is 465 g/mol. The van der Waals surface area contributed by atoms with E-state index < -0.39 is 6.17 Å². The Morgan fingerprint density at radius 3 is 2.61 bits per heavy atom. The number of thioether (sulfide) groups is 1. The van der Waals surface area contributed by atoms with Gasteiger partial charge in [0.2, 0.25) is 0 Å². The number of carbonyl (C=O) groups is 1. The number of fused-ring (bicyclic) bond motifs is 3. The van der Waals surface area contributed by atoms with Gasteiger partial charge in [-0.15, -0.1) is 11.8 Å². The second-order valence-electron chi connectivity index (χ2n) is 8.73. The van der Waals surface area contributed by atoms with Crippen LogP contribution in [-0.2, 0) is 17.0 Å². The molecule has 6 nitrogen and oxygen atoms in total. The van der Waals surface area contributed by atoms with Crippen molar-refractivity contribution in [2.24, 2.45) is 0 Å². The molecule has 170 valence electrons. The number of carbonyl (C=O) groups excluding carboxylic acids is 1. The molecule has 8 heteroatoms. The van der Waals surface area contributed by atoms with E-state index in [2.05, 4.69) is 29.2 Å².